The lowest BCUT2D eigenvalue weighted by Crippen LogP contribution is -2.59. The van der Waals surface area contributed by atoms with Crippen LogP contribution in [-0.2, 0) is 0 Å². The van der Waals surface area contributed by atoms with Gasteiger partial charge >= 0.3 is 0 Å². The van der Waals surface area contributed by atoms with Crippen molar-refractivity contribution in [1.82, 2.24) is 14.9 Å². The van der Waals surface area contributed by atoms with E-state index in [0.29, 0.717) is 21.4 Å². The number of benzene rings is 2. The number of H-pyrrole nitrogens is 1. The van der Waals surface area contributed by atoms with E-state index < -0.39 is 0 Å². The highest BCUT2D eigenvalue weighted by molar-refractivity contribution is 7.71. The van der Waals surface area contributed by atoms with Gasteiger partial charge in [-0.15, -0.1) is 0 Å². The number of amides is 1. The number of nitrogens with one attached hydrogen (secondary N) is 2. The summed E-state index contributed by atoms with van der Waals surface area (Å²) in [6, 6.07) is 14.5. The summed E-state index contributed by atoms with van der Waals surface area (Å²) in [6.45, 7) is 0. The van der Waals surface area contributed by atoms with Crippen LogP contribution < -0.4 is 10.9 Å². The maximum Gasteiger partial charge on any atom is 0.266 e. The number of carbonyl (C=O) groups excluding carboxylic acids is 1. The Morgan fingerprint density at radius 2 is 1.58 bits per heavy atom. The van der Waals surface area contributed by atoms with E-state index >= 15 is 0 Å². The van der Waals surface area contributed by atoms with Crippen LogP contribution in [0.3, 0.4) is 0 Å². The molecule has 4 aliphatic carbocycles. The van der Waals surface area contributed by atoms with Gasteiger partial charge in [-0.3, -0.25) is 14.2 Å². The van der Waals surface area contributed by atoms with Crippen molar-refractivity contribution in [3.63, 3.8) is 0 Å². The zero-order chi connectivity index (χ0) is 21.2. The molecule has 0 aliphatic heterocycles. The van der Waals surface area contributed by atoms with Crippen LogP contribution in [0.1, 0.15) is 48.9 Å². The van der Waals surface area contributed by atoms with Gasteiger partial charge in [-0.1, -0.05) is 12.1 Å². The summed E-state index contributed by atoms with van der Waals surface area (Å²) in [5, 5.41) is 4.00. The van der Waals surface area contributed by atoms with Crippen LogP contribution in [0, 0.1) is 22.5 Å². The van der Waals surface area contributed by atoms with Crippen molar-refractivity contribution >= 4 is 29.0 Å². The van der Waals surface area contributed by atoms with Crippen LogP contribution in [0.4, 0.5) is 0 Å². The first-order chi connectivity index (χ1) is 15.0. The summed E-state index contributed by atoms with van der Waals surface area (Å²) in [4.78, 5) is 29.2. The minimum atomic E-state index is -0.162. The first-order valence-corrected chi connectivity index (χ1v) is 11.6. The maximum atomic E-state index is 13.1. The molecular formula is C25H25N3O2S. The molecule has 6 heteroatoms. The van der Waals surface area contributed by atoms with Crippen molar-refractivity contribution in [2.45, 2.75) is 44.1 Å². The van der Waals surface area contributed by atoms with Crippen LogP contribution in [0.5, 0.6) is 0 Å². The fraction of sp³-hybridized carbons (Fsp3) is 0.400. The fourth-order valence-electron chi connectivity index (χ4n) is 6.74. The zero-order valence-electron chi connectivity index (χ0n) is 17.3. The number of carbonyl (C=O) groups is 1. The van der Waals surface area contributed by atoms with Gasteiger partial charge in [0.2, 0.25) is 0 Å². The molecule has 4 bridgehead atoms. The highest BCUT2D eigenvalue weighted by Gasteiger charge is 2.51. The third-order valence-electron chi connectivity index (χ3n) is 7.61. The lowest BCUT2D eigenvalue weighted by molar-refractivity contribution is -0.0167. The van der Waals surface area contributed by atoms with Crippen LogP contribution in [-0.4, -0.2) is 21.0 Å². The molecule has 0 radical (unpaired) electrons. The van der Waals surface area contributed by atoms with Crippen molar-refractivity contribution < 1.29 is 4.79 Å². The SMILES string of the molecule is O=C(NC12CC3CC(CC(C3)C1)C2)c1ccc(-n2c(=S)[nH]c3ccccc3c2=O)cc1. The van der Waals surface area contributed by atoms with Gasteiger partial charge in [0.05, 0.1) is 16.6 Å². The molecule has 5 nitrogen and oxygen atoms in total. The van der Waals surface area contributed by atoms with Gasteiger partial charge in [0.15, 0.2) is 4.77 Å². The Kier molecular flexibility index (Phi) is 4.22. The normalized spacial score (nSPS) is 28.7. The van der Waals surface area contributed by atoms with Crippen LogP contribution >= 0.6 is 12.2 Å². The molecular weight excluding hydrogens is 406 g/mol. The lowest BCUT2D eigenvalue weighted by atomic mass is 9.53. The summed E-state index contributed by atoms with van der Waals surface area (Å²) in [7, 11) is 0. The largest absolute Gasteiger partial charge is 0.347 e. The summed E-state index contributed by atoms with van der Waals surface area (Å²) in [6.07, 6.45) is 7.44. The molecule has 1 amide bonds. The van der Waals surface area contributed by atoms with E-state index in [-0.39, 0.29) is 17.0 Å². The molecule has 4 saturated carbocycles. The van der Waals surface area contributed by atoms with Crippen molar-refractivity contribution in [3.8, 4) is 5.69 Å². The van der Waals surface area contributed by atoms with Crippen LogP contribution in [0.25, 0.3) is 16.6 Å². The quantitative estimate of drug-likeness (QED) is 0.588. The second kappa shape index (κ2) is 6.89. The molecule has 158 valence electrons. The van der Waals surface area contributed by atoms with E-state index in [0.717, 1.165) is 42.5 Å². The second-order valence-corrected chi connectivity index (χ2v) is 10.2. The second-order valence-electron chi connectivity index (χ2n) is 9.82. The van der Waals surface area contributed by atoms with E-state index in [1.54, 1.807) is 30.3 Å². The Bertz CT molecular complexity index is 1270. The molecule has 4 fully saturated rings. The molecule has 3 aromatic rings. The molecule has 2 aromatic carbocycles. The topological polar surface area (TPSA) is 66.9 Å². The first-order valence-electron chi connectivity index (χ1n) is 11.2. The smallest absolute Gasteiger partial charge is 0.266 e. The number of aromatic nitrogens is 2. The maximum absolute atomic E-state index is 13.1. The third-order valence-corrected chi connectivity index (χ3v) is 7.89. The number of fused-ring (bicyclic) bond motifs is 1. The number of hydrogen-bond donors (Lipinski definition) is 2. The summed E-state index contributed by atoms with van der Waals surface area (Å²) in [5.74, 6) is 2.35. The molecule has 1 aromatic heterocycles. The Morgan fingerprint density at radius 1 is 0.968 bits per heavy atom. The van der Waals surface area contributed by atoms with Gasteiger partial charge in [-0.05, 0) is 105 Å². The van der Waals surface area contributed by atoms with E-state index in [9.17, 15) is 9.59 Å². The third kappa shape index (κ3) is 3.16. The van der Waals surface area contributed by atoms with Crippen LogP contribution in [0.2, 0.25) is 0 Å². The predicted octanol–water partition coefficient (Wildman–Crippen LogP) is 4.75. The highest BCUT2D eigenvalue weighted by atomic mass is 32.1. The number of aromatic amines is 1. The monoisotopic (exact) mass is 431 g/mol. The van der Waals surface area contributed by atoms with E-state index in [1.807, 2.05) is 18.2 Å². The zero-order valence-corrected chi connectivity index (χ0v) is 18.1. The van der Waals surface area contributed by atoms with E-state index in [2.05, 4.69) is 10.3 Å². The van der Waals surface area contributed by atoms with Gasteiger partial charge in [-0.25, -0.2) is 0 Å². The predicted molar refractivity (Wildman–Crippen MR) is 123 cm³/mol. The first kappa shape index (κ1) is 19.0. The summed E-state index contributed by atoms with van der Waals surface area (Å²) >= 11 is 5.43. The van der Waals surface area contributed by atoms with Crippen molar-refractivity contribution in [2.24, 2.45) is 17.8 Å². The van der Waals surface area contributed by atoms with E-state index in [4.69, 9.17) is 12.2 Å². The van der Waals surface area contributed by atoms with Crippen molar-refractivity contribution in [1.29, 1.82) is 0 Å². The Morgan fingerprint density at radius 3 is 2.23 bits per heavy atom. The number of hydrogen-bond acceptors (Lipinski definition) is 3. The Labute approximate surface area is 185 Å². The Hall–Kier alpha value is -2.73. The van der Waals surface area contributed by atoms with Gasteiger partial charge in [-0.2, -0.15) is 0 Å². The van der Waals surface area contributed by atoms with E-state index in [1.165, 1.54) is 23.8 Å². The van der Waals surface area contributed by atoms with Gasteiger partial charge in [0.1, 0.15) is 0 Å². The van der Waals surface area contributed by atoms with Gasteiger partial charge in [0.25, 0.3) is 11.5 Å². The summed E-state index contributed by atoms with van der Waals surface area (Å²) in [5.41, 5.74) is 1.83. The minimum Gasteiger partial charge on any atom is -0.347 e. The molecule has 0 saturated heterocycles. The molecule has 0 unspecified atom stereocenters. The summed E-state index contributed by atoms with van der Waals surface area (Å²) < 4.78 is 1.83. The minimum absolute atomic E-state index is 0.00971. The molecule has 2 N–H and O–H groups in total. The molecule has 7 rings (SSSR count). The molecule has 0 spiro atoms. The molecule has 0 atom stereocenters. The van der Waals surface area contributed by atoms with Gasteiger partial charge < -0.3 is 10.3 Å². The Balaban J connectivity index is 1.28. The number of rotatable bonds is 3. The molecule has 1 heterocycles. The van der Waals surface area contributed by atoms with Crippen molar-refractivity contribution in [2.75, 3.05) is 0 Å². The van der Waals surface area contributed by atoms with Crippen LogP contribution in [0.15, 0.2) is 53.3 Å². The number of para-hydroxylation sites is 1. The standard InChI is InChI=1S/C25H25N3O2S/c29-22(27-25-12-15-9-16(13-25)11-17(10-15)14-25)18-5-7-19(8-6-18)28-23(30)20-3-1-2-4-21(20)26-24(28)31/h1-8,15-17H,9-14H2,(H,26,31)(H,27,29). The average Bonchev–Trinajstić information content (AvgIpc) is 2.73. The van der Waals surface area contributed by atoms with Gasteiger partial charge in [0, 0.05) is 11.1 Å². The number of nitrogens with zero attached hydrogens (tertiary/aromatic N) is 1. The fourth-order valence-corrected chi connectivity index (χ4v) is 7.03. The molecule has 31 heavy (non-hydrogen) atoms. The average molecular weight is 432 g/mol. The van der Waals surface area contributed by atoms with Crippen molar-refractivity contribution in [3.05, 3.63) is 69.2 Å². The lowest BCUT2D eigenvalue weighted by Gasteiger charge is -2.56. The highest BCUT2D eigenvalue weighted by Crippen LogP contribution is 2.55. The molecule has 4 aliphatic rings.